The van der Waals surface area contributed by atoms with E-state index in [0.29, 0.717) is 22.0 Å². The monoisotopic (exact) mass is 465 g/mol. The Morgan fingerprint density at radius 1 is 1.15 bits per heavy atom. The molecule has 0 amide bonds. The van der Waals surface area contributed by atoms with Crippen molar-refractivity contribution >= 4 is 23.7 Å². The molecule has 0 aromatic heterocycles. The molecule has 0 bridgehead atoms. The van der Waals surface area contributed by atoms with E-state index in [1.807, 2.05) is 32.0 Å². The summed E-state index contributed by atoms with van der Waals surface area (Å²) in [6.07, 6.45) is 2.45. The average Bonchev–Trinajstić information content (AvgIpc) is 3.36. The first kappa shape index (κ1) is 24.4. The summed E-state index contributed by atoms with van der Waals surface area (Å²) < 4.78 is 16.7. The first-order chi connectivity index (χ1) is 15.8. The lowest BCUT2D eigenvalue weighted by Gasteiger charge is -2.16. The third-order valence-electron chi connectivity index (χ3n) is 5.72. The Kier molecular flexibility index (Phi) is 7.83. The molecule has 2 aromatic rings. The Balaban J connectivity index is 1.77. The second-order valence-corrected chi connectivity index (χ2v) is 9.03. The van der Waals surface area contributed by atoms with Gasteiger partial charge in [0.05, 0.1) is 17.4 Å². The van der Waals surface area contributed by atoms with Crippen molar-refractivity contribution in [1.82, 2.24) is 0 Å². The minimum Gasteiger partial charge on any atom is -0.462 e. The molecule has 1 aliphatic rings. The number of nitriles is 1. The number of thioether (sulfide) groups is 1. The van der Waals surface area contributed by atoms with Crippen molar-refractivity contribution in [3.63, 3.8) is 0 Å². The predicted octanol–water partition coefficient (Wildman–Crippen LogP) is 5.67. The summed E-state index contributed by atoms with van der Waals surface area (Å²) in [5.74, 6) is -0.473. The Morgan fingerprint density at radius 3 is 2.45 bits per heavy atom. The summed E-state index contributed by atoms with van der Waals surface area (Å²) in [4.78, 5) is 25.6. The molecule has 3 atom stereocenters. The molecule has 0 unspecified atom stereocenters. The number of rotatable bonds is 9. The zero-order chi connectivity index (χ0) is 24.0. The van der Waals surface area contributed by atoms with Gasteiger partial charge < -0.3 is 14.2 Å². The van der Waals surface area contributed by atoms with Gasteiger partial charge in [-0.05, 0) is 42.7 Å². The molecule has 7 heteroatoms. The van der Waals surface area contributed by atoms with Crippen molar-refractivity contribution in [2.24, 2.45) is 17.3 Å². The van der Waals surface area contributed by atoms with Crippen LogP contribution in [0.15, 0.2) is 65.6 Å². The Hall–Kier alpha value is -3.24. The van der Waals surface area contributed by atoms with E-state index in [2.05, 4.69) is 6.07 Å². The van der Waals surface area contributed by atoms with Crippen LogP contribution in [0.3, 0.4) is 0 Å². The standard InChI is InChI=1S/C26H27NO5S/c1-5-30-24(28)22(33-4)15-19-23(26(19,2)3)25(29)32-21(16-27)18-13-9-10-14-20(18)31-17-11-7-6-8-12-17/h6-15,19,21,23H,5H2,1-4H3/t19-,21+,23-/m0/s1. The summed E-state index contributed by atoms with van der Waals surface area (Å²) in [7, 11) is 0. The molecule has 0 heterocycles. The van der Waals surface area contributed by atoms with Gasteiger partial charge in [0.15, 0.2) is 0 Å². The number of hydrogen-bond acceptors (Lipinski definition) is 7. The lowest BCUT2D eigenvalue weighted by molar-refractivity contribution is -0.149. The van der Waals surface area contributed by atoms with Crippen LogP contribution in [-0.4, -0.2) is 24.8 Å². The Morgan fingerprint density at radius 2 is 1.82 bits per heavy atom. The maximum Gasteiger partial charge on any atom is 0.344 e. The van der Waals surface area contributed by atoms with E-state index >= 15 is 0 Å². The van der Waals surface area contributed by atoms with Crippen LogP contribution >= 0.6 is 11.8 Å². The summed E-state index contributed by atoms with van der Waals surface area (Å²) in [6.45, 7) is 5.91. The number of allylic oxidation sites excluding steroid dienone is 1. The summed E-state index contributed by atoms with van der Waals surface area (Å²) >= 11 is 1.28. The summed E-state index contributed by atoms with van der Waals surface area (Å²) in [5.41, 5.74) is 0.0732. The minimum absolute atomic E-state index is 0.188. The van der Waals surface area contributed by atoms with Gasteiger partial charge in [0.2, 0.25) is 6.10 Å². The molecular formula is C26H27NO5S. The van der Waals surface area contributed by atoms with Gasteiger partial charge in [-0.2, -0.15) is 5.26 Å². The number of para-hydroxylation sites is 2. The smallest absolute Gasteiger partial charge is 0.344 e. The fraction of sp³-hybridized carbons (Fsp3) is 0.346. The van der Waals surface area contributed by atoms with Crippen LogP contribution in [0.5, 0.6) is 11.5 Å². The number of nitrogens with zero attached hydrogens (tertiary/aromatic N) is 1. The number of carbonyl (C=O) groups is 2. The molecule has 0 spiro atoms. The zero-order valence-corrected chi connectivity index (χ0v) is 19.9. The molecule has 3 rings (SSSR count). The third-order valence-corrected chi connectivity index (χ3v) is 6.46. The number of ether oxygens (including phenoxy) is 3. The van der Waals surface area contributed by atoms with Gasteiger partial charge in [-0.3, -0.25) is 4.79 Å². The molecule has 0 saturated heterocycles. The fourth-order valence-electron chi connectivity index (χ4n) is 3.78. The van der Waals surface area contributed by atoms with Gasteiger partial charge in [0, 0.05) is 5.56 Å². The first-order valence-corrected chi connectivity index (χ1v) is 11.9. The molecule has 0 N–H and O–H groups in total. The van der Waals surface area contributed by atoms with Crippen LogP contribution in [0.1, 0.15) is 32.4 Å². The molecule has 2 aromatic carbocycles. The molecule has 0 aliphatic heterocycles. The van der Waals surface area contributed by atoms with Gasteiger partial charge in [0.25, 0.3) is 0 Å². The molecule has 172 valence electrons. The maximum absolute atomic E-state index is 13.0. The molecular weight excluding hydrogens is 438 g/mol. The SMILES string of the molecule is CCOC(=O)C(=C[C@H]1[C@@H](C(=O)O[C@H](C#N)c2ccccc2Oc2ccccc2)C1(C)C)SC. The van der Waals surface area contributed by atoms with Crippen molar-refractivity contribution in [1.29, 1.82) is 5.26 Å². The normalized spacial score (nSPS) is 19.7. The van der Waals surface area contributed by atoms with Crippen LogP contribution < -0.4 is 4.74 Å². The van der Waals surface area contributed by atoms with E-state index in [1.54, 1.807) is 55.7 Å². The highest BCUT2D eigenvalue weighted by molar-refractivity contribution is 8.03. The lowest BCUT2D eigenvalue weighted by Crippen LogP contribution is -2.15. The minimum atomic E-state index is -1.12. The predicted molar refractivity (Wildman–Crippen MR) is 126 cm³/mol. The molecule has 6 nitrogen and oxygen atoms in total. The highest BCUT2D eigenvalue weighted by Gasteiger charge is 2.62. The quantitative estimate of drug-likeness (QED) is 0.348. The zero-order valence-electron chi connectivity index (χ0n) is 19.1. The van der Waals surface area contributed by atoms with Crippen LogP contribution in [0.25, 0.3) is 0 Å². The Labute approximate surface area is 198 Å². The van der Waals surface area contributed by atoms with E-state index in [0.717, 1.165) is 0 Å². The highest BCUT2D eigenvalue weighted by atomic mass is 32.2. The van der Waals surface area contributed by atoms with Crippen LogP contribution in [0.4, 0.5) is 0 Å². The summed E-state index contributed by atoms with van der Waals surface area (Å²) in [5, 5.41) is 9.77. The van der Waals surface area contributed by atoms with Crippen molar-refractivity contribution in [2.45, 2.75) is 26.9 Å². The largest absolute Gasteiger partial charge is 0.462 e. The average molecular weight is 466 g/mol. The number of carbonyl (C=O) groups excluding carboxylic acids is 2. The van der Waals surface area contributed by atoms with E-state index in [4.69, 9.17) is 14.2 Å². The van der Waals surface area contributed by atoms with Crippen molar-refractivity contribution in [3.05, 3.63) is 71.1 Å². The van der Waals surface area contributed by atoms with Gasteiger partial charge in [-0.1, -0.05) is 56.3 Å². The molecule has 0 radical (unpaired) electrons. The first-order valence-electron chi connectivity index (χ1n) is 10.7. The number of esters is 2. The van der Waals surface area contributed by atoms with Crippen molar-refractivity contribution in [3.8, 4) is 17.6 Å². The summed E-state index contributed by atoms with van der Waals surface area (Å²) in [6, 6.07) is 18.3. The second-order valence-electron chi connectivity index (χ2n) is 8.18. The van der Waals surface area contributed by atoms with E-state index in [-0.39, 0.29) is 12.5 Å². The van der Waals surface area contributed by atoms with Gasteiger partial charge >= 0.3 is 11.9 Å². The Bertz CT molecular complexity index is 1070. The molecule has 1 fully saturated rings. The number of benzene rings is 2. The molecule has 33 heavy (non-hydrogen) atoms. The van der Waals surface area contributed by atoms with Gasteiger partial charge in [-0.25, -0.2) is 4.79 Å². The van der Waals surface area contributed by atoms with E-state index < -0.39 is 29.4 Å². The number of hydrogen-bond donors (Lipinski definition) is 0. The second kappa shape index (κ2) is 10.6. The topological polar surface area (TPSA) is 85.6 Å². The van der Waals surface area contributed by atoms with Crippen molar-refractivity contribution < 1.29 is 23.8 Å². The highest BCUT2D eigenvalue weighted by Crippen LogP contribution is 2.60. The van der Waals surface area contributed by atoms with E-state index in [9.17, 15) is 14.9 Å². The van der Waals surface area contributed by atoms with Crippen LogP contribution in [0.2, 0.25) is 0 Å². The van der Waals surface area contributed by atoms with E-state index in [1.165, 1.54) is 11.8 Å². The van der Waals surface area contributed by atoms with Gasteiger partial charge in [-0.15, -0.1) is 11.8 Å². The fourth-order valence-corrected chi connectivity index (χ4v) is 4.29. The van der Waals surface area contributed by atoms with Crippen LogP contribution in [0, 0.1) is 28.6 Å². The molecule has 1 saturated carbocycles. The molecule has 1 aliphatic carbocycles. The van der Waals surface area contributed by atoms with Gasteiger partial charge in [0.1, 0.15) is 17.6 Å². The van der Waals surface area contributed by atoms with Crippen molar-refractivity contribution in [2.75, 3.05) is 12.9 Å². The maximum atomic E-state index is 13.0. The third kappa shape index (κ3) is 5.58. The lowest BCUT2D eigenvalue weighted by atomic mass is 10.1. The van der Waals surface area contributed by atoms with Crippen LogP contribution in [-0.2, 0) is 19.1 Å².